The van der Waals surface area contributed by atoms with Gasteiger partial charge in [0.05, 0.1) is 5.69 Å². The van der Waals surface area contributed by atoms with Crippen LogP contribution in [-0.4, -0.2) is 4.98 Å². The predicted octanol–water partition coefficient (Wildman–Crippen LogP) is 5.00. The minimum Gasteiger partial charge on any atom is -0.256 e. The largest absolute Gasteiger partial charge is 0.256 e. The minimum atomic E-state index is -0.587. The summed E-state index contributed by atoms with van der Waals surface area (Å²) in [5.74, 6) is -1.17. The lowest BCUT2D eigenvalue weighted by Crippen LogP contribution is -1.91. The molecule has 3 rings (SSSR count). The van der Waals surface area contributed by atoms with Crippen LogP contribution in [0.25, 0.3) is 22.4 Å². The van der Waals surface area contributed by atoms with Gasteiger partial charge >= 0.3 is 0 Å². The van der Waals surface area contributed by atoms with Crippen LogP contribution in [-0.2, 0) is 0 Å². The molecule has 0 aliphatic heterocycles. The number of rotatable bonds is 2. The van der Waals surface area contributed by atoms with E-state index in [4.69, 9.17) is 0 Å². The Hall–Kier alpha value is -2.55. The van der Waals surface area contributed by atoms with E-state index in [-0.39, 0.29) is 0 Å². The fourth-order valence-corrected chi connectivity index (χ4v) is 2.33. The standard InChI is InChI=1S/C18H13F2N/c1-12-7-18(13-5-3-2-4-6-13)21-11-17(12)14-8-15(19)10-16(20)9-14/h2-11H,1H3. The first-order chi connectivity index (χ1) is 10.1. The second-order valence-corrected chi connectivity index (χ2v) is 4.91. The summed E-state index contributed by atoms with van der Waals surface area (Å²) in [5.41, 5.74) is 4.00. The Bertz CT molecular complexity index is 762. The van der Waals surface area contributed by atoms with E-state index < -0.39 is 11.6 Å². The van der Waals surface area contributed by atoms with Crippen LogP contribution in [0.15, 0.2) is 60.8 Å². The lowest BCUT2D eigenvalue weighted by Gasteiger charge is -2.09. The fourth-order valence-electron chi connectivity index (χ4n) is 2.33. The fraction of sp³-hybridized carbons (Fsp3) is 0.0556. The normalized spacial score (nSPS) is 10.6. The molecule has 3 heteroatoms. The van der Waals surface area contributed by atoms with Crippen molar-refractivity contribution in [1.29, 1.82) is 0 Å². The highest BCUT2D eigenvalue weighted by atomic mass is 19.1. The molecule has 1 aromatic heterocycles. The zero-order valence-electron chi connectivity index (χ0n) is 11.5. The molecule has 1 nitrogen and oxygen atoms in total. The van der Waals surface area contributed by atoms with Crippen LogP contribution in [0.5, 0.6) is 0 Å². The van der Waals surface area contributed by atoms with Gasteiger partial charge in [0, 0.05) is 23.4 Å². The maximum absolute atomic E-state index is 13.3. The van der Waals surface area contributed by atoms with Gasteiger partial charge in [0.15, 0.2) is 0 Å². The topological polar surface area (TPSA) is 12.9 Å². The van der Waals surface area contributed by atoms with E-state index in [2.05, 4.69) is 4.98 Å². The first-order valence-electron chi connectivity index (χ1n) is 6.62. The minimum absolute atomic E-state index is 0.497. The molecule has 0 spiro atoms. The van der Waals surface area contributed by atoms with E-state index in [0.29, 0.717) is 5.56 Å². The second-order valence-electron chi connectivity index (χ2n) is 4.91. The molecule has 2 aromatic carbocycles. The maximum atomic E-state index is 13.3. The van der Waals surface area contributed by atoms with Crippen LogP contribution in [0.1, 0.15) is 5.56 Å². The van der Waals surface area contributed by atoms with Crippen molar-refractivity contribution in [3.8, 4) is 22.4 Å². The van der Waals surface area contributed by atoms with Crippen molar-refractivity contribution in [2.75, 3.05) is 0 Å². The first kappa shape index (κ1) is 13.4. The number of nitrogens with zero attached hydrogens (tertiary/aromatic N) is 1. The molecule has 0 atom stereocenters. The third-order valence-electron chi connectivity index (χ3n) is 3.35. The van der Waals surface area contributed by atoms with Gasteiger partial charge < -0.3 is 0 Å². The van der Waals surface area contributed by atoms with Crippen LogP contribution < -0.4 is 0 Å². The Morgan fingerprint density at radius 1 is 0.810 bits per heavy atom. The molecular formula is C18H13F2N. The molecule has 0 bridgehead atoms. The third kappa shape index (κ3) is 2.82. The van der Waals surface area contributed by atoms with Gasteiger partial charge in [0.1, 0.15) is 11.6 Å². The van der Waals surface area contributed by atoms with Gasteiger partial charge in [-0.15, -0.1) is 0 Å². The molecule has 0 aliphatic rings. The lowest BCUT2D eigenvalue weighted by molar-refractivity contribution is 0.584. The van der Waals surface area contributed by atoms with Crippen molar-refractivity contribution < 1.29 is 8.78 Å². The van der Waals surface area contributed by atoms with Gasteiger partial charge in [-0.1, -0.05) is 30.3 Å². The lowest BCUT2D eigenvalue weighted by atomic mass is 10.0. The van der Waals surface area contributed by atoms with Crippen LogP contribution in [0.2, 0.25) is 0 Å². The van der Waals surface area contributed by atoms with Crippen LogP contribution in [0.3, 0.4) is 0 Å². The second kappa shape index (κ2) is 5.44. The van der Waals surface area contributed by atoms with Crippen LogP contribution in [0.4, 0.5) is 8.78 Å². The molecule has 0 radical (unpaired) electrons. The summed E-state index contributed by atoms with van der Waals surface area (Å²) in [4.78, 5) is 4.40. The summed E-state index contributed by atoms with van der Waals surface area (Å²) in [6.07, 6.45) is 1.66. The van der Waals surface area contributed by atoms with E-state index in [9.17, 15) is 8.78 Å². The third-order valence-corrected chi connectivity index (χ3v) is 3.35. The van der Waals surface area contributed by atoms with Gasteiger partial charge in [-0.2, -0.15) is 0 Å². The highest BCUT2D eigenvalue weighted by molar-refractivity contribution is 5.70. The molecule has 0 fully saturated rings. The summed E-state index contributed by atoms with van der Waals surface area (Å²) in [6.45, 7) is 1.91. The molecule has 0 unspecified atom stereocenters. The van der Waals surface area contributed by atoms with Gasteiger partial charge in [-0.05, 0) is 36.2 Å². The number of hydrogen-bond acceptors (Lipinski definition) is 1. The average molecular weight is 281 g/mol. The van der Waals surface area contributed by atoms with Crippen molar-refractivity contribution in [3.05, 3.63) is 78.0 Å². The van der Waals surface area contributed by atoms with Gasteiger partial charge in [-0.25, -0.2) is 8.78 Å². The van der Waals surface area contributed by atoms with Crippen molar-refractivity contribution in [2.45, 2.75) is 6.92 Å². The summed E-state index contributed by atoms with van der Waals surface area (Å²) in [7, 11) is 0. The monoisotopic (exact) mass is 281 g/mol. The molecule has 3 aromatic rings. The predicted molar refractivity (Wildman–Crippen MR) is 79.8 cm³/mol. The molecule has 0 saturated carbocycles. The molecule has 0 amide bonds. The molecule has 1 heterocycles. The zero-order chi connectivity index (χ0) is 14.8. The van der Waals surface area contributed by atoms with Gasteiger partial charge in [0.25, 0.3) is 0 Å². The Morgan fingerprint density at radius 2 is 1.48 bits per heavy atom. The molecule has 21 heavy (non-hydrogen) atoms. The Kier molecular flexibility index (Phi) is 3.48. The molecule has 0 aliphatic carbocycles. The van der Waals surface area contributed by atoms with E-state index in [1.165, 1.54) is 12.1 Å². The van der Waals surface area contributed by atoms with E-state index in [0.717, 1.165) is 28.5 Å². The number of benzene rings is 2. The zero-order valence-corrected chi connectivity index (χ0v) is 11.5. The van der Waals surface area contributed by atoms with Crippen LogP contribution >= 0.6 is 0 Å². The molecular weight excluding hydrogens is 268 g/mol. The highest BCUT2D eigenvalue weighted by Crippen LogP contribution is 2.27. The van der Waals surface area contributed by atoms with E-state index in [1.807, 2.05) is 43.3 Å². The highest BCUT2D eigenvalue weighted by Gasteiger charge is 2.08. The maximum Gasteiger partial charge on any atom is 0.126 e. The first-order valence-corrected chi connectivity index (χ1v) is 6.62. The van der Waals surface area contributed by atoms with Crippen molar-refractivity contribution in [1.82, 2.24) is 4.98 Å². The van der Waals surface area contributed by atoms with E-state index in [1.54, 1.807) is 6.20 Å². The van der Waals surface area contributed by atoms with Crippen LogP contribution in [0, 0.1) is 18.6 Å². The molecule has 104 valence electrons. The van der Waals surface area contributed by atoms with Gasteiger partial charge in [0.2, 0.25) is 0 Å². The SMILES string of the molecule is Cc1cc(-c2ccccc2)ncc1-c1cc(F)cc(F)c1. The number of hydrogen-bond donors (Lipinski definition) is 0. The number of pyridine rings is 1. The van der Waals surface area contributed by atoms with Crippen molar-refractivity contribution >= 4 is 0 Å². The molecule has 0 saturated heterocycles. The van der Waals surface area contributed by atoms with Gasteiger partial charge in [-0.3, -0.25) is 4.98 Å². The number of aromatic nitrogens is 1. The summed E-state index contributed by atoms with van der Waals surface area (Å²) < 4.78 is 26.7. The smallest absolute Gasteiger partial charge is 0.126 e. The quantitative estimate of drug-likeness (QED) is 0.644. The summed E-state index contributed by atoms with van der Waals surface area (Å²) in [6, 6.07) is 15.2. The Morgan fingerprint density at radius 3 is 2.10 bits per heavy atom. The number of halogens is 2. The van der Waals surface area contributed by atoms with Crippen molar-refractivity contribution in [3.63, 3.8) is 0 Å². The number of aryl methyl sites for hydroxylation is 1. The molecule has 0 N–H and O–H groups in total. The van der Waals surface area contributed by atoms with E-state index >= 15 is 0 Å². The Balaban J connectivity index is 2.06. The summed E-state index contributed by atoms with van der Waals surface area (Å²) in [5, 5.41) is 0. The van der Waals surface area contributed by atoms with Crippen molar-refractivity contribution in [2.24, 2.45) is 0 Å². The summed E-state index contributed by atoms with van der Waals surface area (Å²) >= 11 is 0. The Labute approximate surface area is 121 Å². The average Bonchev–Trinajstić information content (AvgIpc) is 2.47.